The first-order chi connectivity index (χ1) is 19.6. The lowest BCUT2D eigenvalue weighted by Gasteiger charge is -2.12. The monoisotopic (exact) mass is 590 g/mol. The Morgan fingerprint density at radius 2 is 1.98 bits per heavy atom. The van der Waals surface area contributed by atoms with E-state index in [0.29, 0.717) is 27.9 Å². The minimum atomic E-state index is -4.55. The number of rotatable bonds is 7. The zero-order chi connectivity index (χ0) is 29.3. The largest absolute Gasteiger partial charge is 0.477 e. The standard InChI is InChI=1S/C27H22F4N4O5S/c1-2-40-27-17(4-6-21(35-27)25(30)31)20-5-3-14-10-32-16(9-22(14)34-20)11-33-26(36)15-7-19(28)18-12-39-13-24(29)41(37,38)23(18)8-15/h3-10,24-25H,2,11-13H2,1H3,(H,33,36)/t24-/m1/s1. The van der Waals surface area contributed by atoms with E-state index in [-0.39, 0.29) is 30.2 Å². The number of halogens is 4. The molecule has 0 saturated heterocycles. The first-order valence-electron chi connectivity index (χ1n) is 12.3. The van der Waals surface area contributed by atoms with E-state index in [9.17, 15) is 30.8 Å². The van der Waals surface area contributed by atoms with Crippen molar-refractivity contribution in [1.82, 2.24) is 20.3 Å². The van der Waals surface area contributed by atoms with E-state index in [2.05, 4.69) is 20.3 Å². The summed E-state index contributed by atoms with van der Waals surface area (Å²) in [5, 5.41) is 3.19. The molecule has 4 heterocycles. The number of carbonyl (C=O) groups is 1. The average molecular weight is 591 g/mol. The number of amides is 1. The predicted molar refractivity (Wildman–Crippen MR) is 138 cm³/mol. The molecule has 0 aliphatic carbocycles. The molecule has 14 heteroatoms. The number of hydrogen-bond acceptors (Lipinski definition) is 8. The van der Waals surface area contributed by atoms with Gasteiger partial charge in [0.15, 0.2) is 0 Å². The van der Waals surface area contributed by atoms with E-state index >= 15 is 0 Å². The number of hydrogen-bond donors (Lipinski definition) is 1. The van der Waals surface area contributed by atoms with Crippen molar-refractivity contribution >= 4 is 26.6 Å². The Labute approximate surface area is 231 Å². The zero-order valence-corrected chi connectivity index (χ0v) is 22.2. The number of alkyl halides is 3. The van der Waals surface area contributed by atoms with Gasteiger partial charge in [0.2, 0.25) is 21.2 Å². The summed E-state index contributed by atoms with van der Waals surface area (Å²) in [6.45, 7) is 0.584. The first kappa shape index (κ1) is 28.4. The number of fused-ring (bicyclic) bond motifs is 2. The van der Waals surface area contributed by atoms with Gasteiger partial charge in [-0.3, -0.25) is 9.78 Å². The van der Waals surface area contributed by atoms with Crippen LogP contribution in [0.25, 0.3) is 22.2 Å². The number of pyridine rings is 3. The summed E-state index contributed by atoms with van der Waals surface area (Å²) in [6.07, 6.45) is -1.25. The maximum Gasteiger partial charge on any atom is 0.280 e. The Hall–Kier alpha value is -4.17. The van der Waals surface area contributed by atoms with Crippen molar-refractivity contribution in [2.45, 2.75) is 36.9 Å². The molecule has 41 heavy (non-hydrogen) atoms. The summed E-state index contributed by atoms with van der Waals surface area (Å²) in [4.78, 5) is 24.9. The Balaban J connectivity index is 1.39. The van der Waals surface area contributed by atoms with Gasteiger partial charge in [0.05, 0.1) is 53.7 Å². The van der Waals surface area contributed by atoms with Crippen LogP contribution in [0.3, 0.4) is 0 Å². The summed E-state index contributed by atoms with van der Waals surface area (Å²) in [5.74, 6) is -1.80. The molecule has 214 valence electrons. The fourth-order valence-corrected chi connectivity index (χ4v) is 5.55. The van der Waals surface area contributed by atoms with Crippen molar-refractivity contribution in [3.05, 3.63) is 77.0 Å². The van der Waals surface area contributed by atoms with Gasteiger partial charge in [0, 0.05) is 22.7 Å². The highest BCUT2D eigenvalue weighted by Gasteiger charge is 2.35. The maximum atomic E-state index is 14.7. The van der Waals surface area contributed by atoms with Crippen LogP contribution >= 0.6 is 0 Å². The lowest BCUT2D eigenvalue weighted by molar-refractivity contribution is 0.0938. The van der Waals surface area contributed by atoms with Crippen LogP contribution in [0.5, 0.6) is 5.88 Å². The van der Waals surface area contributed by atoms with E-state index in [1.807, 2.05) is 0 Å². The van der Waals surface area contributed by atoms with Gasteiger partial charge in [0.25, 0.3) is 12.3 Å². The summed E-state index contributed by atoms with van der Waals surface area (Å²) < 4.78 is 90.4. The lowest BCUT2D eigenvalue weighted by atomic mass is 10.1. The summed E-state index contributed by atoms with van der Waals surface area (Å²) in [7, 11) is -4.55. The van der Waals surface area contributed by atoms with E-state index in [1.54, 1.807) is 25.1 Å². The second-order valence-electron chi connectivity index (χ2n) is 8.98. The van der Waals surface area contributed by atoms with Crippen LogP contribution in [0.2, 0.25) is 0 Å². The van der Waals surface area contributed by atoms with Crippen molar-refractivity contribution in [3.63, 3.8) is 0 Å². The molecule has 1 aliphatic rings. The third kappa shape index (κ3) is 5.70. The highest BCUT2D eigenvalue weighted by atomic mass is 32.2. The summed E-state index contributed by atoms with van der Waals surface area (Å²) in [6, 6.07) is 9.41. The smallest absolute Gasteiger partial charge is 0.280 e. The number of nitrogens with one attached hydrogen (secondary N) is 1. The van der Waals surface area contributed by atoms with Crippen molar-refractivity contribution in [1.29, 1.82) is 0 Å². The van der Waals surface area contributed by atoms with Gasteiger partial charge in [-0.2, -0.15) is 0 Å². The summed E-state index contributed by atoms with van der Waals surface area (Å²) >= 11 is 0. The quantitative estimate of drug-likeness (QED) is 0.308. The highest BCUT2D eigenvalue weighted by molar-refractivity contribution is 7.92. The normalized spacial score (nSPS) is 16.3. The molecule has 1 amide bonds. The molecule has 0 unspecified atom stereocenters. The van der Waals surface area contributed by atoms with Crippen LogP contribution in [0.15, 0.2) is 53.6 Å². The van der Waals surface area contributed by atoms with Crippen LogP contribution < -0.4 is 10.1 Å². The van der Waals surface area contributed by atoms with E-state index in [1.165, 1.54) is 18.3 Å². The molecule has 0 bridgehead atoms. The Bertz CT molecular complexity index is 1750. The van der Waals surface area contributed by atoms with Crippen molar-refractivity contribution < 1.29 is 40.2 Å². The topological polar surface area (TPSA) is 120 Å². The molecule has 9 nitrogen and oxygen atoms in total. The van der Waals surface area contributed by atoms with Gasteiger partial charge < -0.3 is 14.8 Å². The van der Waals surface area contributed by atoms with Gasteiger partial charge >= 0.3 is 0 Å². The zero-order valence-electron chi connectivity index (χ0n) is 21.4. The molecule has 0 fully saturated rings. The minimum absolute atomic E-state index is 0.0133. The number of benzene rings is 1. The first-order valence-corrected chi connectivity index (χ1v) is 13.9. The minimum Gasteiger partial charge on any atom is -0.477 e. The van der Waals surface area contributed by atoms with Crippen molar-refractivity contribution in [3.8, 4) is 17.1 Å². The third-order valence-electron chi connectivity index (χ3n) is 6.28. The maximum absolute atomic E-state index is 14.7. The molecule has 1 aliphatic heterocycles. The van der Waals surface area contributed by atoms with Gasteiger partial charge in [-0.15, -0.1) is 0 Å². The van der Waals surface area contributed by atoms with Crippen LogP contribution in [0, 0.1) is 5.82 Å². The molecule has 0 spiro atoms. The number of aromatic nitrogens is 3. The Morgan fingerprint density at radius 3 is 2.73 bits per heavy atom. The molecule has 1 aromatic carbocycles. The molecule has 3 aromatic heterocycles. The van der Waals surface area contributed by atoms with Crippen LogP contribution in [-0.4, -0.2) is 48.0 Å². The average Bonchev–Trinajstić information content (AvgIpc) is 3.06. The molecule has 1 N–H and O–H groups in total. The number of carbonyl (C=O) groups excluding carboxylic acids is 1. The highest BCUT2D eigenvalue weighted by Crippen LogP contribution is 2.32. The SMILES string of the molecule is CCOc1nc(C(F)F)ccc1-c1ccc2cnc(CNC(=O)c3cc(F)c4c(c3)S(=O)(=O)[C@@H](F)COC4)cc2n1. The van der Waals surface area contributed by atoms with Crippen LogP contribution in [0.4, 0.5) is 17.6 Å². The van der Waals surface area contributed by atoms with Crippen molar-refractivity contribution in [2.75, 3.05) is 13.2 Å². The van der Waals surface area contributed by atoms with E-state index in [4.69, 9.17) is 9.47 Å². The van der Waals surface area contributed by atoms with Gasteiger partial charge in [-0.05, 0) is 49.4 Å². The molecule has 1 atom stereocenters. The second-order valence-corrected chi connectivity index (χ2v) is 11.0. The second kappa shape index (κ2) is 11.4. The van der Waals surface area contributed by atoms with E-state index < -0.39 is 57.3 Å². The Morgan fingerprint density at radius 1 is 1.17 bits per heavy atom. The predicted octanol–water partition coefficient (Wildman–Crippen LogP) is 4.70. The molecule has 4 aromatic rings. The van der Waals surface area contributed by atoms with E-state index in [0.717, 1.165) is 12.1 Å². The van der Waals surface area contributed by atoms with Crippen molar-refractivity contribution in [2.24, 2.45) is 0 Å². The molecular weight excluding hydrogens is 568 g/mol. The number of sulfone groups is 1. The van der Waals surface area contributed by atoms with Crippen LogP contribution in [0.1, 0.15) is 40.7 Å². The molecule has 0 radical (unpaired) electrons. The summed E-state index contributed by atoms with van der Waals surface area (Å²) in [5.41, 5.74) is -1.81. The number of nitrogens with zero attached hydrogens (tertiary/aromatic N) is 3. The van der Waals surface area contributed by atoms with Gasteiger partial charge in [0.1, 0.15) is 11.5 Å². The Kier molecular flexibility index (Phi) is 7.87. The molecular formula is C27H22F4N4O5S. The molecule has 0 saturated carbocycles. The third-order valence-corrected chi connectivity index (χ3v) is 8.06. The fourth-order valence-electron chi connectivity index (χ4n) is 4.21. The van der Waals surface area contributed by atoms with Gasteiger partial charge in [-0.1, -0.05) is 0 Å². The number of ether oxygens (including phenoxy) is 2. The fraction of sp³-hybridized carbons (Fsp3) is 0.259. The van der Waals surface area contributed by atoms with Crippen LogP contribution in [-0.2, 0) is 27.7 Å². The molecule has 5 rings (SSSR count). The van der Waals surface area contributed by atoms with Gasteiger partial charge in [-0.25, -0.2) is 35.9 Å². The lowest BCUT2D eigenvalue weighted by Crippen LogP contribution is -2.25.